The van der Waals surface area contributed by atoms with Crippen LogP contribution in [0.15, 0.2) is 18.3 Å². The molecule has 1 unspecified atom stereocenters. The summed E-state index contributed by atoms with van der Waals surface area (Å²) in [6.07, 6.45) is 2.92. The highest BCUT2D eigenvalue weighted by Gasteiger charge is 2.21. The molecule has 2 heterocycles. The van der Waals surface area contributed by atoms with Crippen LogP contribution in [-0.2, 0) is 19.4 Å². The van der Waals surface area contributed by atoms with E-state index in [9.17, 15) is 4.39 Å². The van der Waals surface area contributed by atoms with Crippen LogP contribution in [0.25, 0.3) is 0 Å². The number of pyridine rings is 1. The Morgan fingerprint density at radius 2 is 2.19 bits per heavy atom. The van der Waals surface area contributed by atoms with Gasteiger partial charge in [0.05, 0.1) is 28.1 Å². The summed E-state index contributed by atoms with van der Waals surface area (Å²) in [7, 11) is 1.79. The van der Waals surface area contributed by atoms with Crippen LogP contribution < -0.4 is 5.32 Å². The largest absolute Gasteiger partial charge is 0.311 e. The van der Waals surface area contributed by atoms with Crippen molar-refractivity contribution >= 4 is 11.6 Å². The predicted octanol–water partition coefficient (Wildman–Crippen LogP) is 3.16. The fraction of sp³-hybridized carbons (Fsp3) is 0.467. The van der Waals surface area contributed by atoms with Gasteiger partial charge in [0.15, 0.2) is 0 Å². The Kier molecular flexibility index (Phi) is 5.31. The summed E-state index contributed by atoms with van der Waals surface area (Å²) in [6.45, 7) is 4.77. The Morgan fingerprint density at radius 3 is 2.76 bits per heavy atom. The van der Waals surface area contributed by atoms with Crippen LogP contribution in [0.4, 0.5) is 4.39 Å². The fourth-order valence-electron chi connectivity index (χ4n) is 2.40. The van der Waals surface area contributed by atoms with Gasteiger partial charge in [0.1, 0.15) is 5.82 Å². The maximum atomic E-state index is 13.9. The normalized spacial score (nSPS) is 12.6. The molecule has 0 fully saturated rings. The Labute approximate surface area is 129 Å². The van der Waals surface area contributed by atoms with Crippen molar-refractivity contribution in [3.05, 3.63) is 46.3 Å². The van der Waals surface area contributed by atoms with E-state index < -0.39 is 0 Å². The van der Waals surface area contributed by atoms with Gasteiger partial charge in [-0.15, -0.1) is 0 Å². The predicted molar refractivity (Wildman–Crippen MR) is 82.0 cm³/mol. The molecule has 0 amide bonds. The average Bonchev–Trinajstić information content (AvgIpc) is 2.81. The van der Waals surface area contributed by atoms with Gasteiger partial charge in [-0.25, -0.2) is 4.39 Å². The minimum absolute atomic E-state index is 0.240. The molecule has 114 valence electrons. The highest BCUT2D eigenvalue weighted by atomic mass is 35.5. The van der Waals surface area contributed by atoms with Crippen molar-refractivity contribution in [2.24, 2.45) is 0 Å². The van der Waals surface area contributed by atoms with Crippen molar-refractivity contribution in [3.63, 3.8) is 0 Å². The van der Waals surface area contributed by atoms with Gasteiger partial charge in [0.2, 0.25) is 0 Å². The van der Waals surface area contributed by atoms with E-state index in [1.807, 2.05) is 18.5 Å². The molecule has 2 aromatic heterocycles. The summed E-state index contributed by atoms with van der Waals surface area (Å²) in [5.74, 6) is -0.314. The lowest BCUT2D eigenvalue weighted by Gasteiger charge is -2.17. The van der Waals surface area contributed by atoms with Crippen molar-refractivity contribution in [2.45, 2.75) is 39.3 Å². The molecule has 0 bridgehead atoms. The molecule has 1 N–H and O–H groups in total. The first kappa shape index (κ1) is 15.9. The van der Waals surface area contributed by atoms with Gasteiger partial charge in [-0.2, -0.15) is 5.10 Å². The van der Waals surface area contributed by atoms with E-state index in [0.717, 1.165) is 24.4 Å². The van der Waals surface area contributed by atoms with E-state index in [1.165, 1.54) is 6.07 Å². The lowest BCUT2D eigenvalue weighted by molar-refractivity contribution is 0.496. The third-order valence-corrected chi connectivity index (χ3v) is 3.99. The molecule has 0 aromatic carbocycles. The topological polar surface area (TPSA) is 42.7 Å². The highest BCUT2D eigenvalue weighted by molar-refractivity contribution is 6.31. The third-order valence-electron chi connectivity index (χ3n) is 3.56. The van der Waals surface area contributed by atoms with Crippen molar-refractivity contribution in [1.82, 2.24) is 20.1 Å². The fourth-order valence-corrected chi connectivity index (χ4v) is 2.74. The number of nitrogens with zero attached hydrogens (tertiary/aromatic N) is 3. The first-order valence-corrected chi connectivity index (χ1v) is 7.51. The molecular formula is C15H20ClFN4. The molecule has 21 heavy (non-hydrogen) atoms. The molecule has 0 aliphatic heterocycles. The molecule has 0 saturated carbocycles. The molecule has 6 heteroatoms. The summed E-state index contributed by atoms with van der Waals surface area (Å²) >= 11 is 6.41. The molecular weight excluding hydrogens is 291 g/mol. The standard InChI is InChI=1S/C15H20ClFN4/c1-4-11-14(16)13(21(5-2)20-11)9-12(18-3)15-10(17)7-6-8-19-15/h6-8,12,18H,4-5,9H2,1-3H3. The van der Waals surface area contributed by atoms with Crippen LogP contribution in [-0.4, -0.2) is 21.8 Å². The number of nitrogens with one attached hydrogen (secondary N) is 1. The Balaban J connectivity index is 2.35. The van der Waals surface area contributed by atoms with Crippen molar-refractivity contribution < 1.29 is 4.39 Å². The van der Waals surface area contributed by atoms with Gasteiger partial charge < -0.3 is 5.32 Å². The van der Waals surface area contributed by atoms with Crippen LogP contribution in [0.2, 0.25) is 5.02 Å². The van der Waals surface area contributed by atoms with Gasteiger partial charge in [-0.3, -0.25) is 9.67 Å². The van der Waals surface area contributed by atoms with Gasteiger partial charge in [-0.1, -0.05) is 18.5 Å². The minimum atomic E-state index is -0.314. The van der Waals surface area contributed by atoms with Crippen molar-refractivity contribution in [2.75, 3.05) is 7.05 Å². The summed E-state index contributed by atoms with van der Waals surface area (Å²) in [6, 6.07) is 2.77. The van der Waals surface area contributed by atoms with E-state index >= 15 is 0 Å². The summed E-state index contributed by atoms with van der Waals surface area (Å²) in [5.41, 5.74) is 2.20. The third kappa shape index (κ3) is 3.24. The lowest BCUT2D eigenvalue weighted by Crippen LogP contribution is -2.23. The number of hydrogen-bond acceptors (Lipinski definition) is 3. The lowest BCUT2D eigenvalue weighted by atomic mass is 10.1. The first-order chi connectivity index (χ1) is 10.1. The molecule has 2 rings (SSSR count). The van der Waals surface area contributed by atoms with Gasteiger partial charge in [0, 0.05) is 19.2 Å². The number of aryl methyl sites for hydroxylation is 2. The van der Waals surface area contributed by atoms with Crippen molar-refractivity contribution in [1.29, 1.82) is 0 Å². The number of rotatable bonds is 6. The van der Waals surface area contributed by atoms with E-state index in [4.69, 9.17) is 11.6 Å². The Morgan fingerprint density at radius 1 is 1.43 bits per heavy atom. The second-order valence-electron chi connectivity index (χ2n) is 4.79. The molecule has 2 aromatic rings. The van der Waals surface area contributed by atoms with E-state index in [2.05, 4.69) is 15.4 Å². The summed E-state index contributed by atoms with van der Waals surface area (Å²) in [5, 5.41) is 8.28. The van der Waals surface area contributed by atoms with E-state index in [0.29, 0.717) is 17.1 Å². The number of aromatic nitrogens is 3. The number of halogens is 2. The van der Waals surface area contributed by atoms with Crippen LogP contribution >= 0.6 is 11.6 Å². The quantitative estimate of drug-likeness (QED) is 0.891. The average molecular weight is 311 g/mol. The van der Waals surface area contributed by atoms with Crippen LogP contribution in [0, 0.1) is 5.82 Å². The maximum absolute atomic E-state index is 13.9. The van der Waals surface area contributed by atoms with Crippen molar-refractivity contribution in [3.8, 4) is 0 Å². The molecule has 0 saturated heterocycles. The summed E-state index contributed by atoms with van der Waals surface area (Å²) < 4.78 is 15.8. The van der Waals surface area contributed by atoms with Gasteiger partial charge in [0.25, 0.3) is 0 Å². The smallest absolute Gasteiger partial charge is 0.146 e. The van der Waals surface area contributed by atoms with E-state index in [1.54, 1.807) is 19.3 Å². The second kappa shape index (κ2) is 7.00. The zero-order valence-corrected chi connectivity index (χ0v) is 13.3. The molecule has 1 atom stereocenters. The Bertz CT molecular complexity index is 612. The second-order valence-corrected chi connectivity index (χ2v) is 5.17. The molecule has 0 radical (unpaired) electrons. The zero-order valence-electron chi connectivity index (χ0n) is 12.5. The Hall–Kier alpha value is -1.46. The maximum Gasteiger partial charge on any atom is 0.146 e. The SMILES string of the molecule is CCc1nn(CC)c(CC(NC)c2ncccc2F)c1Cl. The molecule has 0 aliphatic rings. The molecule has 4 nitrogen and oxygen atoms in total. The number of hydrogen-bond donors (Lipinski definition) is 1. The van der Waals surface area contributed by atoms with Gasteiger partial charge >= 0.3 is 0 Å². The zero-order chi connectivity index (χ0) is 15.4. The molecule has 0 aliphatic carbocycles. The minimum Gasteiger partial charge on any atom is -0.311 e. The highest BCUT2D eigenvalue weighted by Crippen LogP contribution is 2.27. The van der Waals surface area contributed by atoms with E-state index in [-0.39, 0.29) is 11.9 Å². The van der Waals surface area contributed by atoms with Crippen LogP contribution in [0.5, 0.6) is 0 Å². The summed E-state index contributed by atoms with van der Waals surface area (Å²) in [4.78, 5) is 4.15. The molecule has 0 spiro atoms. The van der Waals surface area contributed by atoms with Gasteiger partial charge in [-0.05, 0) is 32.5 Å². The van der Waals surface area contributed by atoms with Crippen LogP contribution in [0.1, 0.15) is 37.0 Å². The number of likely N-dealkylation sites (N-methyl/N-ethyl adjacent to an activating group) is 1. The monoisotopic (exact) mass is 310 g/mol. The van der Waals surface area contributed by atoms with Crippen LogP contribution in [0.3, 0.4) is 0 Å². The first-order valence-electron chi connectivity index (χ1n) is 7.14.